The number of carbonyl (C=O) groups excluding carboxylic acids is 1. The first-order valence-corrected chi connectivity index (χ1v) is 10.5. The maximum absolute atomic E-state index is 12.4. The number of rotatable bonds is 3. The van der Waals surface area contributed by atoms with E-state index in [0.717, 1.165) is 10.2 Å². The highest BCUT2D eigenvalue weighted by molar-refractivity contribution is 7.88. The third kappa shape index (κ3) is 3.29. The third-order valence-electron chi connectivity index (χ3n) is 4.41. The van der Waals surface area contributed by atoms with Crippen molar-refractivity contribution in [3.63, 3.8) is 0 Å². The molecule has 1 aromatic carbocycles. The molecule has 1 N–H and O–H groups in total. The number of sulfonamides is 1. The van der Waals surface area contributed by atoms with Crippen LogP contribution in [-0.2, 0) is 14.8 Å². The number of anilines is 1. The van der Waals surface area contributed by atoms with E-state index in [1.807, 2.05) is 6.07 Å². The summed E-state index contributed by atoms with van der Waals surface area (Å²) in [4.78, 5) is 16.9. The predicted octanol–water partition coefficient (Wildman–Crippen LogP) is 1.64. The number of hydrogen-bond acceptors (Lipinski definition) is 7. The SMILES string of the molecule is CS(=O)(=O)N1CCC(C(=O)Nc2nc3cc4c(cc3s2)OCO4)CC1. The summed E-state index contributed by atoms with van der Waals surface area (Å²) in [5.74, 6) is 1.01. The average Bonchev–Trinajstić information content (AvgIpc) is 3.16. The molecule has 0 bridgehead atoms. The Balaban J connectivity index is 1.44. The van der Waals surface area contributed by atoms with Gasteiger partial charge in [-0.05, 0) is 12.8 Å². The van der Waals surface area contributed by atoms with Crippen LogP contribution in [0.5, 0.6) is 11.5 Å². The number of carbonyl (C=O) groups is 1. The van der Waals surface area contributed by atoms with Gasteiger partial charge < -0.3 is 14.8 Å². The Labute approximate surface area is 148 Å². The molecule has 134 valence electrons. The number of amides is 1. The smallest absolute Gasteiger partial charge is 0.231 e. The molecule has 1 aromatic heterocycles. The monoisotopic (exact) mass is 383 g/mol. The standard InChI is InChI=1S/C15H17N3O5S2/c1-25(20,21)18-4-2-9(3-5-18)14(19)17-15-16-10-6-11-12(23-8-22-11)7-13(10)24-15/h6-7,9H,2-5,8H2,1H3,(H,16,17,19). The molecule has 1 amide bonds. The van der Waals surface area contributed by atoms with Crippen LogP contribution in [-0.4, -0.2) is 49.8 Å². The molecule has 0 aliphatic carbocycles. The summed E-state index contributed by atoms with van der Waals surface area (Å²) in [5.41, 5.74) is 0.747. The Morgan fingerprint density at radius 3 is 2.64 bits per heavy atom. The van der Waals surface area contributed by atoms with Crippen LogP contribution in [0.4, 0.5) is 5.13 Å². The number of nitrogens with one attached hydrogen (secondary N) is 1. The second kappa shape index (κ2) is 6.11. The molecule has 4 rings (SSSR count). The number of piperidine rings is 1. The number of hydrogen-bond donors (Lipinski definition) is 1. The molecule has 25 heavy (non-hydrogen) atoms. The quantitative estimate of drug-likeness (QED) is 0.865. The fourth-order valence-corrected chi connectivity index (χ4v) is 4.78. The normalized spacial score (nSPS) is 18.6. The highest BCUT2D eigenvalue weighted by Gasteiger charge is 2.29. The van der Waals surface area contributed by atoms with Crippen LogP contribution < -0.4 is 14.8 Å². The van der Waals surface area contributed by atoms with Crippen LogP contribution in [0.1, 0.15) is 12.8 Å². The maximum atomic E-state index is 12.4. The van der Waals surface area contributed by atoms with Gasteiger partial charge in [-0.15, -0.1) is 0 Å². The van der Waals surface area contributed by atoms with Gasteiger partial charge in [0.25, 0.3) is 0 Å². The molecule has 0 atom stereocenters. The van der Waals surface area contributed by atoms with Crippen molar-refractivity contribution in [1.29, 1.82) is 0 Å². The Bertz CT molecular complexity index is 891. The lowest BCUT2D eigenvalue weighted by Crippen LogP contribution is -2.40. The predicted molar refractivity (Wildman–Crippen MR) is 93.5 cm³/mol. The molecule has 0 spiro atoms. The lowest BCUT2D eigenvalue weighted by atomic mass is 9.97. The molecule has 8 nitrogen and oxygen atoms in total. The Morgan fingerprint density at radius 2 is 1.96 bits per heavy atom. The van der Waals surface area contributed by atoms with Crippen LogP contribution in [0, 0.1) is 5.92 Å². The minimum atomic E-state index is -3.19. The molecule has 1 saturated heterocycles. The van der Waals surface area contributed by atoms with Crippen LogP contribution in [0.25, 0.3) is 10.2 Å². The molecular formula is C15H17N3O5S2. The lowest BCUT2D eigenvalue weighted by Gasteiger charge is -2.29. The first kappa shape index (κ1) is 16.6. The molecule has 3 heterocycles. The highest BCUT2D eigenvalue weighted by Crippen LogP contribution is 2.39. The molecule has 0 saturated carbocycles. The van der Waals surface area contributed by atoms with E-state index in [2.05, 4.69) is 10.3 Å². The number of benzene rings is 1. The number of ether oxygens (including phenoxy) is 2. The minimum absolute atomic E-state index is 0.118. The summed E-state index contributed by atoms with van der Waals surface area (Å²) in [7, 11) is -3.19. The van der Waals surface area contributed by atoms with Gasteiger partial charge in [-0.1, -0.05) is 11.3 Å². The summed E-state index contributed by atoms with van der Waals surface area (Å²) in [6.45, 7) is 0.957. The Morgan fingerprint density at radius 1 is 1.28 bits per heavy atom. The van der Waals surface area contributed by atoms with E-state index in [1.165, 1.54) is 21.9 Å². The van der Waals surface area contributed by atoms with E-state index in [-0.39, 0.29) is 18.6 Å². The molecule has 2 aromatic rings. The van der Waals surface area contributed by atoms with Crippen LogP contribution in [0.2, 0.25) is 0 Å². The van der Waals surface area contributed by atoms with Crippen molar-refractivity contribution < 1.29 is 22.7 Å². The number of nitrogens with zero attached hydrogens (tertiary/aromatic N) is 2. The average molecular weight is 383 g/mol. The minimum Gasteiger partial charge on any atom is -0.454 e. The van der Waals surface area contributed by atoms with Crippen molar-refractivity contribution in [2.75, 3.05) is 31.5 Å². The van der Waals surface area contributed by atoms with Crippen molar-refractivity contribution in [2.24, 2.45) is 5.92 Å². The topological polar surface area (TPSA) is 97.8 Å². The van der Waals surface area contributed by atoms with Crippen molar-refractivity contribution in [3.8, 4) is 11.5 Å². The zero-order valence-corrected chi connectivity index (χ0v) is 15.2. The number of aromatic nitrogens is 1. The molecule has 1 fully saturated rings. The van der Waals surface area contributed by atoms with Gasteiger partial charge in [0.05, 0.1) is 16.5 Å². The molecule has 2 aliphatic heterocycles. The summed E-state index contributed by atoms with van der Waals surface area (Å²) in [6, 6.07) is 3.66. The maximum Gasteiger partial charge on any atom is 0.231 e. The Kier molecular flexibility index (Phi) is 4.05. The van der Waals surface area contributed by atoms with Crippen LogP contribution in [0.15, 0.2) is 12.1 Å². The van der Waals surface area contributed by atoms with Gasteiger partial charge in [0, 0.05) is 31.1 Å². The molecule has 2 aliphatic rings. The summed E-state index contributed by atoms with van der Waals surface area (Å²) in [5, 5.41) is 3.37. The first-order valence-electron chi connectivity index (χ1n) is 7.86. The molecule has 10 heteroatoms. The van der Waals surface area contributed by atoms with Crippen molar-refractivity contribution in [2.45, 2.75) is 12.8 Å². The van der Waals surface area contributed by atoms with Gasteiger partial charge in [0.2, 0.25) is 22.7 Å². The van der Waals surface area contributed by atoms with Crippen molar-refractivity contribution in [1.82, 2.24) is 9.29 Å². The van der Waals surface area contributed by atoms with Gasteiger partial charge in [0.1, 0.15) is 0 Å². The largest absolute Gasteiger partial charge is 0.454 e. The van der Waals surface area contributed by atoms with Crippen LogP contribution >= 0.6 is 11.3 Å². The second-order valence-electron chi connectivity index (χ2n) is 6.12. The van der Waals surface area contributed by atoms with E-state index in [0.29, 0.717) is 42.6 Å². The van der Waals surface area contributed by atoms with E-state index >= 15 is 0 Å². The Hall–Kier alpha value is -1.91. The van der Waals surface area contributed by atoms with E-state index in [4.69, 9.17) is 9.47 Å². The molecular weight excluding hydrogens is 366 g/mol. The fourth-order valence-electron chi connectivity index (χ4n) is 3.03. The van der Waals surface area contributed by atoms with E-state index in [9.17, 15) is 13.2 Å². The molecule has 0 unspecified atom stereocenters. The van der Waals surface area contributed by atoms with Gasteiger partial charge in [0.15, 0.2) is 16.6 Å². The molecule has 0 radical (unpaired) electrons. The van der Waals surface area contributed by atoms with Gasteiger partial charge in [-0.3, -0.25) is 4.79 Å². The first-order chi connectivity index (χ1) is 11.9. The lowest BCUT2D eigenvalue weighted by molar-refractivity contribution is -0.120. The van der Waals surface area contributed by atoms with Gasteiger partial charge in [-0.2, -0.15) is 0 Å². The third-order valence-corrected chi connectivity index (χ3v) is 6.64. The second-order valence-corrected chi connectivity index (χ2v) is 9.13. The summed E-state index contributed by atoms with van der Waals surface area (Å²) < 4.78 is 36.1. The van der Waals surface area contributed by atoms with Gasteiger partial charge in [-0.25, -0.2) is 17.7 Å². The highest BCUT2D eigenvalue weighted by atomic mass is 32.2. The summed E-state index contributed by atoms with van der Waals surface area (Å²) >= 11 is 1.38. The van der Waals surface area contributed by atoms with E-state index in [1.54, 1.807) is 6.07 Å². The van der Waals surface area contributed by atoms with Crippen LogP contribution in [0.3, 0.4) is 0 Å². The zero-order chi connectivity index (χ0) is 17.6. The van der Waals surface area contributed by atoms with Crippen molar-refractivity contribution >= 4 is 42.6 Å². The zero-order valence-electron chi connectivity index (χ0n) is 13.5. The summed E-state index contributed by atoms with van der Waals surface area (Å²) in [6.07, 6.45) is 2.22. The van der Waals surface area contributed by atoms with E-state index < -0.39 is 10.0 Å². The fraction of sp³-hybridized carbons (Fsp3) is 0.467. The van der Waals surface area contributed by atoms with Crippen molar-refractivity contribution in [3.05, 3.63) is 12.1 Å². The number of fused-ring (bicyclic) bond motifs is 2. The number of thiazole rings is 1. The van der Waals surface area contributed by atoms with Gasteiger partial charge >= 0.3 is 0 Å².